The Hall–Kier alpha value is -0.990. The zero-order chi connectivity index (χ0) is 15.4. The van der Waals surface area contributed by atoms with Crippen LogP contribution in [-0.2, 0) is 11.6 Å². The van der Waals surface area contributed by atoms with Crippen LogP contribution in [-0.4, -0.2) is 26.6 Å². The van der Waals surface area contributed by atoms with Gasteiger partial charge in [0.1, 0.15) is 0 Å². The smallest absolute Gasteiger partial charge is 0.359 e. The van der Waals surface area contributed by atoms with Crippen LogP contribution in [0.15, 0.2) is 29.3 Å². The Labute approximate surface area is 140 Å². The lowest BCUT2D eigenvalue weighted by molar-refractivity contribution is -0.137. The van der Waals surface area contributed by atoms with Crippen molar-refractivity contribution in [1.29, 1.82) is 0 Å². The van der Waals surface area contributed by atoms with E-state index in [0.717, 1.165) is 6.07 Å². The average Bonchev–Trinajstić information content (AvgIpc) is 2.39. The molecule has 0 aliphatic rings. The molecule has 0 bridgehead atoms. The van der Waals surface area contributed by atoms with Gasteiger partial charge in [-0.05, 0) is 11.6 Å². The molecule has 0 fully saturated rings. The quantitative estimate of drug-likeness (QED) is 0.451. The van der Waals surface area contributed by atoms with Crippen LogP contribution in [0.1, 0.15) is 25.0 Å². The van der Waals surface area contributed by atoms with Gasteiger partial charge in [-0.15, -0.1) is 24.0 Å². The molecule has 0 aromatic heterocycles. The van der Waals surface area contributed by atoms with E-state index in [4.69, 9.17) is 0 Å². The molecule has 3 nitrogen and oxygen atoms in total. The zero-order valence-corrected chi connectivity index (χ0v) is 14.8. The number of alkyl halides is 3. The van der Waals surface area contributed by atoms with Crippen molar-refractivity contribution in [3.8, 4) is 0 Å². The van der Waals surface area contributed by atoms with Gasteiger partial charge < -0.3 is 10.6 Å². The van der Waals surface area contributed by atoms with Gasteiger partial charge in [0.15, 0.2) is 5.96 Å². The second-order valence-electron chi connectivity index (χ2n) is 5.14. The minimum Gasteiger partial charge on any atom is -0.359 e. The van der Waals surface area contributed by atoms with Gasteiger partial charge in [-0.25, -0.2) is 0 Å². The van der Waals surface area contributed by atoms with E-state index >= 15 is 0 Å². The van der Waals surface area contributed by atoms with Crippen molar-refractivity contribution < 1.29 is 13.2 Å². The first-order chi connectivity index (χ1) is 9.20. The standard InChI is InChI=1S/C14H20F3N3.HI/c1-13(2,9-20-12(18-3)19-4)10-6-5-7-11(8-10)14(15,16)17;/h5-8H,9H2,1-4H3,(H2,18,19,20);1H. The minimum absolute atomic E-state index is 0. The number of nitrogens with one attached hydrogen (secondary N) is 2. The van der Waals surface area contributed by atoms with Crippen LogP contribution in [0.25, 0.3) is 0 Å². The van der Waals surface area contributed by atoms with E-state index in [9.17, 15) is 13.2 Å². The Morgan fingerprint density at radius 2 is 1.76 bits per heavy atom. The maximum Gasteiger partial charge on any atom is 0.416 e. The van der Waals surface area contributed by atoms with E-state index in [1.807, 2.05) is 13.8 Å². The largest absolute Gasteiger partial charge is 0.416 e. The molecule has 1 aromatic carbocycles. The van der Waals surface area contributed by atoms with Crippen molar-refractivity contribution in [2.45, 2.75) is 25.4 Å². The summed E-state index contributed by atoms with van der Waals surface area (Å²) in [7, 11) is 3.36. The summed E-state index contributed by atoms with van der Waals surface area (Å²) in [5.74, 6) is 0.602. The molecule has 0 saturated carbocycles. The second-order valence-corrected chi connectivity index (χ2v) is 5.14. The Morgan fingerprint density at radius 3 is 2.24 bits per heavy atom. The van der Waals surface area contributed by atoms with E-state index in [1.54, 1.807) is 20.2 Å². The summed E-state index contributed by atoms with van der Waals surface area (Å²) in [6, 6.07) is 5.43. The Bertz CT molecular complexity index is 485. The lowest BCUT2D eigenvalue weighted by Gasteiger charge is -2.27. The van der Waals surface area contributed by atoms with Crippen LogP contribution < -0.4 is 10.6 Å². The predicted molar refractivity (Wildman–Crippen MR) is 90.3 cm³/mol. The van der Waals surface area contributed by atoms with Gasteiger partial charge >= 0.3 is 6.18 Å². The molecule has 120 valence electrons. The van der Waals surface area contributed by atoms with E-state index in [2.05, 4.69) is 15.6 Å². The topological polar surface area (TPSA) is 36.4 Å². The van der Waals surface area contributed by atoms with Gasteiger partial charge in [0, 0.05) is 26.1 Å². The fourth-order valence-electron chi connectivity index (χ4n) is 1.80. The molecule has 0 saturated heterocycles. The number of aliphatic imine (C=N–C) groups is 1. The molecular formula is C14H21F3IN3. The maximum atomic E-state index is 12.7. The molecule has 21 heavy (non-hydrogen) atoms. The maximum absolute atomic E-state index is 12.7. The van der Waals surface area contributed by atoms with E-state index in [-0.39, 0.29) is 24.0 Å². The zero-order valence-electron chi connectivity index (χ0n) is 12.5. The van der Waals surface area contributed by atoms with Crippen molar-refractivity contribution in [1.82, 2.24) is 10.6 Å². The SMILES string of the molecule is CN=C(NC)NCC(C)(C)c1cccc(C(F)(F)F)c1.I. The molecular weight excluding hydrogens is 394 g/mol. The number of hydrogen-bond donors (Lipinski definition) is 2. The van der Waals surface area contributed by atoms with Crippen LogP contribution in [0.5, 0.6) is 0 Å². The fourth-order valence-corrected chi connectivity index (χ4v) is 1.80. The van der Waals surface area contributed by atoms with Gasteiger partial charge in [0.25, 0.3) is 0 Å². The summed E-state index contributed by atoms with van der Waals surface area (Å²) in [6.07, 6.45) is -4.32. The van der Waals surface area contributed by atoms with Crippen LogP contribution >= 0.6 is 24.0 Å². The first-order valence-corrected chi connectivity index (χ1v) is 6.27. The number of hydrogen-bond acceptors (Lipinski definition) is 1. The number of halogens is 4. The highest BCUT2D eigenvalue weighted by molar-refractivity contribution is 14.0. The highest BCUT2D eigenvalue weighted by Crippen LogP contribution is 2.32. The van der Waals surface area contributed by atoms with Crippen LogP contribution in [0, 0.1) is 0 Å². The molecule has 0 radical (unpaired) electrons. The van der Waals surface area contributed by atoms with Crippen molar-refractivity contribution in [3.05, 3.63) is 35.4 Å². The van der Waals surface area contributed by atoms with Crippen LogP contribution in [0.3, 0.4) is 0 Å². The molecule has 0 heterocycles. The van der Waals surface area contributed by atoms with E-state index < -0.39 is 17.2 Å². The summed E-state index contributed by atoms with van der Waals surface area (Å²) in [4.78, 5) is 3.97. The number of benzene rings is 1. The van der Waals surface area contributed by atoms with Crippen LogP contribution in [0.2, 0.25) is 0 Å². The summed E-state index contributed by atoms with van der Waals surface area (Å²) in [5, 5.41) is 5.94. The van der Waals surface area contributed by atoms with E-state index in [0.29, 0.717) is 18.1 Å². The minimum atomic E-state index is -4.32. The molecule has 0 aliphatic carbocycles. The fraction of sp³-hybridized carbons (Fsp3) is 0.500. The van der Waals surface area contributed by atoms with Gasteiger partial charge in [0.05, 0.1) is 5.56 Å². The van der Waals surface area contributed by atoms with Crippen molar-refractivity contribution >= 4 is 29.9 Å². The monoisotopic (exact) mass is 415 g/mol. The lowest BCUT2D eigenvalue weighted by atomic mass is 9.84. The molecule has 0 amide bonds. The number of nitrogens with zero attached hydrogens (tertiary/aromatic N) is 1. The third kappa shape index (κ3) is 5.72. The van der Waals surface area contributed by atoms with E-state index in [1.165, 1.54) is 12.1 Å². The summed E-state index contributed by atoms with van der Waals surface area (Å²) >= 11 is 0. The third-order valence-electron chi connectivity index (χ3n) is 3.13. The summed E-state index contributed by atoms with van der Waals surface area (Å²) in [6.45, 7) is 4.25. The second kappa shape index (κ2) is 7.86. The number of guanidine groups is 1. The lowest BCUT2D eigenvalue weighted by Crippen LogP contribution is -2.42. The van der Waals surface area contributed by atoms with Crippen molar-refractivity contribution in [2.75, 3.05) is 20.6 Å². The summed E-state index contributed by atoms with van der Waals surface area (Å²) < 4.78 is 38.2. The molecule has 7 heteroatoms. The molecule has 0 spiro atoms. The Morgan fingerprint density at radius 1 is 1.19 bits per heavy atom. The van der Waals surface area contributed by atoms with Gasteiger partial charge in [-0.2, -0.15) is 13.2 Å². The summed E-state index contributed by atoms with van der Waals surface area (Å²) in [5.41, 5.74) is -0.443. The molecule has 0 atom stereocenters. The Balaban J connectivity index is 0.00000400. The normalized spacial score (nSPS) is 12.6. The van der Waals surface area contributed by atoms with Gasteiger partial charge in [0.2, 0.25) is 0 Å². The molecule has 1 aromatic rings. The van der Waals surface area contributed by atoms with Crippen LogP contribution in [0.4, 0.5) is 13.2 Å². The highest BCUT2D eigenvalue weighted by atomic mass is 127. The predicted octanol–water partition coefficient (Wildman–Crippen LogP) is 3.40. The van der Waals surface area contributed by atoms with Gasteiger partial charge in [-0.1, -0.05) is 32.0 Å². The molecule has 1 rings (SSSR count). The third-order valence-corrected chi connectivity index (χ3v) is 3.13. The Kier molecular flexibility index (Phi) is 7.49. The first-order valence-electron chi connectivity index (χ1n) is 6.27. The highest BCUT2D eigenvalue weighted by Gasteiger charge is 2.32. The molecule has 0 unspecified atom stereocenters. The average molecular weight is 415 g/mol. The van der Waals surface area contributed by atoms with Crippen molar-refractivity contribution in [3.63, 3.8) is 0 Å². The van der Waals surface area contributed by atoms with Gasteiger partial charge in [-0.3, -0.25) is 4.99 Å². The first kappa shape index (κ1) is 20.0. The number of rotatable bonds is 3. The molecule has 0 aliphatic heterocycles. The van der Waals surface area contributed by atoms with Crippen molar-refractivity contribution in [2.24, 2.45) is 4.99 Å². The molecule has 2 N–H and O–H groups in total.